The molecule has 0 aliphatic rings. The number of aliphatic hydroxyl groups is 1. The molecule has 0 amide bonds. The lowest BCUT2D eigenvalue weighted by molar-refractivity contribution is 0.0692. The van der Waals surface area contributed by atoms with E-state index in [9.17, 15) is 4.79 Å². The highest BCUT2D eigenvalue weighted by Crippen LogP contribution is 2.24. The maximum atomic E-state index is 10.9. The fraction of sp³-hybridized carbons (Fsp3) is 0.364. The van der Waals surface area contributed by atoms with Crippen molar-refractivity contribution in [1.82, 2.24) is 0 Å². The SMILES string of the molecule is O=C(O)c1ccc(Br)cc1OCCCCO. The molecule has 0 radical (unpaired) electrons. The predicted molar refractivity (Wildman–Crippen MR) is 62.9 cm³/mol. The molecule has 4 nitrogen and oxygen atoms in total. The minimum atomic E-state index is -1.01. The summed E-state index contributed by atoms with van der Waals surface area (Å²) in [6, 6.07) is 4.78. The van der Waals surface area contributed by atoms with Gasteiger partial charge in [-0.05, 0) is 31.0 Å². The van der Waals surface area contributed by atoms with Gasteiger partial charge < -0.3 is 14.9 Å². The first-order valence-corrected chi connectivity index (χ1v) is 5.71. The van der Waals surface area contributed by atoms with Crippen LogP contribution in [-0.4, -0.2) is 29.4 Å². The van der Waals surface area contributed by atoms with Crippen LogP contribution in [0, 0.1) is 0 Å². The Balaban J connectivity index is 2.68. The summed E-state index contributed by atoms with van der Waals surface area (Å²) < 4.78 is 6.13. The van der Waals surface area contributed by atoms with Gasteiger partial charge in [0.1, 0.15) is 11.3 Å². The number of carboxylic acid groups (broad SMARTS) is 1. The standard InChI is InChI=1S/C11H13BrO4/c12-8-3-4-9(11(14)15)10(7-8)16-6-2-1-5-13/h3-4,7,13H,1-2,5-6H2,(H,14,15). The molecule has 5 heteroatoms. The Bertz CT molecular complexity index is 365. The molecule has 0 aliphatic heterocycles. The van der Waals surface area contributed by atoms with Crippen molar-refractivity contribution >= 4 is 21.9 Å². The smallest absolute Gasteiger partial charge is 0.339 e. The molecule has 0 aromatic heterocycles. The third-order valence-corrected chi connectivity index (χ3v) is 2.48. The molecular weight excluding hydrogens is 276 g/mol. The second-order valence-corrected chi connectivity index (χ2v) is 4.14. The first-order chi connectivity index (χ1) is 7.65. The van der Waals surface area contributed by atoms with Crippen molar-refractivity contribution < 1.29 is 19.7 Å². The van der Waals surface area contributed by atoms with E-state index in [2.05, 4.69) is 15.9 Å². The molecule has 0 heterocycles. The van der Waals surface area contributed by atoms with Gasteiger partial charge in [-0.25, -0.2) is 4.79 Å². The van der Waals surface area contributed by atoms with Crippen LogP contribution in [0.4, 0.5) is 0 Å². The van der Waals surface area contributed by atoms with Crippen LogP contribution in [0.1, 0.15) is 23.2 Å². The van der Waals surface area contributed by atoms with Gasteiger partial charge in [0.05, 0.1) is 6.61 Å². The first kappa shape index (κ1) is 13.0. The molecule has 0 bridgehead atoms. The topological polar surface area (TPSA) is 66.8 Å². The summed E-state index contributed by atoms with van der Waals surface area (Å²) in [5.41, 5.74) is 0.146. The second kappa shape index (κ2) is 6.50. The average molecular weight is 289 g/mol. The Kier molecular flexibility index (Phi) is 5.28. The van der Waals surface area contributed by atoms with Gasteiger partial charge in [-0.3, -0.25) is 0 Å². The summed E-state index contributed by atoms with van der Waals surface area (Å²) in [5.74, 6) is -0.663. The van der Waals surface area contributed by atoms with Crippen molar-refractivity contribution in [3.8, 4) is 5.75 Å². The van der Waals surface area contributed by atoms with Crippen molar-refractivity contribution in [2.75, 3.05) is 13.2 Å². The number of benzene rings is 1. The normalized spacial score (nSPS) is 10.1. The maximum Gasteiger partial charge on any atom is 0.339 e. The summed E-state index contributed by atoms with van der Waals surface area (Å²) >= 11 is 3.26. The van der Waals surface area contributed by atoms with Crippen LogP contribution >= 0.6 is 15.9 Å². The maximum absolute atomic E-state index is 10.9. The Hall–Kier alpha value is -1.07. The molecular formula is C11H13BrO4. The van der Waals surface area contributed by atoms with Gasteiger partial charge in [-0.2, -0.15) is 0 Å². The highest BCUT2D eigenvalue weighted by atomic mass is 79.9. The minimum absolute atomic E-state index is 0.119. The molecule has 0 unspecified atom stereocenters. The lowest BCUT2D eigenvalue weighted by atomic mass is 10.2. The van der Waals surface area contributed by atoms with E-state index in [0.717, 1.165) is 4.47 Å². The fourth-order valence-corrected chi connectivity index (χ4v) is 1.53. The van der Waals surface area contributed by atoms with Gasteiger partial charge in [0.15, 0.2) is 0 Å². The lowest BCUT2D eigenvalue weighted by Crippen LogP contribution is -2.05. The van der Waals surface area contributed by atoms with Crippen LogP contribution in [-0.2, 0) is 0 Å². The highest BCUT2D eigenvalue weighted by molar-refractivity contribution is 9.10. The summed E-state index contributed by atoms with van der Waals surface area (Å²) in [7, 11) is 0. The van der Waals surface area contributed by atoms with Crippen molar-refractivity contribution in [3.05, 3.63) is 28.2 Å². The molecule has 88 valence electrons. The molecule has 0 aliphatic carbocycles. The second-order valence-electron chi connectivity index (χ2n) is 3.22. The molecule has 0 saturated carbocycles. The number of unbranched alkanes of at least 4 members (excludes halogenated alkanes) is 1. The molecule has 0 saturated heterocycles. The van der Waals surface area contributed by atoms with E-state index in [1.54, 1.807) is 12.1 Å². The average Bonchev–Trinajstić information content (AvgIpc) is 2.24. The van der Waals surface area contributed by atoms with Gasteiger partial charge in [0.25, 0.3) is 0 Å². The van der Waals surface area contributed by atoms with Crippen molar-refractivity contribution in [2.45, 2.75) is 12.8 Å². The van der Waals surface area contributed by atoms with Gasteiger partial charge in [-0.1, -0.05) is 15.9 Å². The summed E-state index contributed by atoms with van der Waals surface area (Å²) in [6.07, 6.45) is 1.35. The molecule has 2 N–H and O–H groups in total. The number of carbonyl (C=O) groups is 1. The van der Waals surface area contributed by atoms with Crippen LogP contribution in [0.15, 0.2) is 22.7 Å². The van der Waals surface area contributed by atoms with E-state index in [0.29, 0.717) is 25.2 Å². The molecule has 1 aromatic carbocycles. The number of hydrogen-bond donors (Lipinski definition) is 2. The minimum Gasteiger partial charge on any atom is -0.493 e. The van der Waals surface area contributed by atoms with E-state index in [4.69, 9.17) is 14.9 Å². The molecule has 16 heavy (non-hydrogen) atoms. The fourth-order valence-electron chi connectivity index (χ4n) is 1.19. The molecule has 0 atom stereocenters. The summed E-state index contributed by atoms with van der Waals surface area (Å²) in [6.45, 7) is 0.519. The van der Waals surface area contributed by atoms with E-state index < -0.39 is 5.97 Å². The molecule has 1 rings (SSSR count). The van der Waals surface area contributed by atoms with Gasteiger partial charge in [0, 0.05) is 11.1 Å². The van der Waals surface area contributed by atoms with Crippen LogP contribution in [0.3, 0.4) is 0 Å². The Morgan fingerprint density at radius 3 is 2.75 bits per heavy atom. The predicted octanol–water partition coefficient (Wildman–Crippen LogP) is 2.30. The van der Waals surface area contributed by atoms with Crippen LogP contribution < -0.4 is 4.74 Å². The van der Waals surface area contributed by atoms with Gasteiger partial charge in [0.2, 0.25) is 0 Å². The van der Waals surface area contributed by atoms with Crippen molar-refractivity contribution in [3.63, 3.8) is 0 Å². The number of rotatable bonds is 6. The number of aliphatic hydroxyl groups excluding tert-OH is 1. The van der Waals surface area contributed by atoms with Crippen molar-refractivity contribution in [2.24, 2.45) is 0 Å². The quantitative estimate of drug-likeness (QED) is 0.789. The summed E-state index contributed by atoms with van der Waals surface area (Å²) in [4.78, 5) is 10.9. The number of hydrogen-bond acceptors (Lipinski definition) is 3. The van der Waals surface area contributed by atoms with E-state index in [1.807, 2.05) is 0 Å². The summed E-state index contributed by atoms with van der Waals surface area (Å²) in [5, 5.41) is 17.5. The largest absolute Gasteiger partial charge is 0.493 e. The molecule has 0 fully saturated rings. The van der Waals surface area contributed by atoms with Gasteiger partial charge in [-0.15, -0.1) is 0 Å². The third-order valence-electron chi connectivity index (χ3n) is 1.98. The zero-order valence-corrected chi connectivity index (χ0v) is 10.2. The third kappa shape index (κ3) is 3.83. The highest BCUT2D eigenvalue weighted by Gasteiger charge is 2.11. The van der Waals surface area contributed by atoms with Crippen LogP contribution in [0.2, 0.25) is 0 Å². The van der Waals surface area contributed by atoms with E-state index in [-0.39, 0.29) is 12.2 Å². The molecule has 0 spiro atoms. The number of halogens is 1. The Morgan fingerprint density at radius 2 is 2.12 bits per heavy atom. The van der Waals surface area contributed by atoms with Crippen LogP contribution in [0.5, 0.6) is 5.75 Å². The number of ether oxygens (including phenoxy) is 1. The van der Waals surface area contributed by atoms with Crippen molar-refractivity contribution in [1.29, 1.82) is 0 Å². The first-order valence-electron chi connectivity index (χ1n) is 4.91. The van der Waals surface area contributed by atoms with E-state index in [1.165, 1.54) is 6.07 Å². The van der Waals surface area contributed by atoms with Gasteiger partial charge >= 0.3 is 5.97 Å². The Morgan fingerprint density at radius 1 is 1.38 bits per heavy atom. The zero-order valence-electron chi connectivity index (χ0n) is 8.65. The number of carboxylic acids is 1. The van der Waals surface area contributed by atoms with E-state index >= 15 is 0 Å². The zero-order chi connectivity index (χ0) is 12.0. The monoisotopic (exact) mass is 288 g/mol. The molecule has 1 aromatic rings. The lowest BCUT2D eigenvalue weighted by Gasteiger charge is -2.09. The number of aromatic carboxylic acids is 1. The Labute approximate surface area is 102 Å². The van der Waals surface area contributed by atoms with Crippen LogP contribution in [0.25, 0.3) is 0 Å².